The van der Waals surface area contributed by atoms with Gasteiger partial charge in [-0.2, -0.15) is 0 Å². The lowest BCUT2D eigenvalue weighted by Crippen LogP contribution is -2.42. The van der Waals surface area contributed by atoms with Gasteiger partial charge in [-0.05, 0) is 37.7 Å². The van der Waals surface area contributed by atoms with Gasteiger partial charge in [-0.3, -0.25) is 5.84 Å². The molecule has 3 nitrogen and oxygen atoms in total. The zero-order valence-electron chi connectivity index (χ0n) is 8.67. The molecule has 3 heteroatoms. The first-order valence-electron chi connectivity index (χ1n) is 5.71. The third kappa shape index (κ3) is 2.10. The summed E-state index contributed by atoms with van der Waals surface area (Å²) >= 11 is 0. The van der Waals surface area contributed by atoms with E-state index in [-0.39, 0.29) is 6.04 Å². The Kier molecular flexibility index (Phi) is 3.43. The molecule has 0 aromatic heterocycles. The van der Waals surface area contributed by atoms with Gasteiger partial charge in [-0.15, -0.1) is 0 Å². The highest BCUT2D eigenvalue weighted by Crippen LogP contribution is 2.31. The molecule has 0 aromatic carbocycles. The minimum atomic E-state index is 0.262. The molecule has 0 saturated heterocycles. The lowest BCUT2D eigenvalue weighted by Gasteiger charge is -2.27. The molecule has 0 radical (unpaired) electrons. The van der Waals surface area contributed by atoms with Gasteiger partial charge in [-0.25, -0.2) is 5.43 Å². The van der Waals surface area contributed by atoms with Crippen molar-refractivity contribution < 1.29 is 4.74 Å². The number of allylic oxidation sites excluding steroid dienone is 1. The van der Waals surface area contributed by atoms with E-state index < -0.39 is 0 Å². The van der Waals surface area contributed by atoms with Gasteiger partial charge < -0.3 is 4.74 Å². The predicted molar refractivity (Wildman–Crippen MR) is 56.3 cm³/mol. The van der Waals surface area contributed by atoms with Crippen LogP contribution in [0.4, 0.5) is 0 Å². The van der Waals surface area contributed by atoms with Crippen LogP contribution in [-0.2, 0) is 4.74 Å². The SMILES string of the molecule is NNC(C1=CCCCO1)C1CCCC1. The van der Waals surface area contributed by atoms with Crippen molar-refractivity contribution in [1.82, 2.24) is 5.43 Å². The summed E-state index contributed by atoms with van der Waals surface area (Å²) in [4.78, 5) is 0. The Balaban J connectivity index is 1.99. The normalized spacial score (nSPS) is 25.6. The molecule has 0 aromatic rings. The zero-order valence-corrected chi connectivity index (χ0v) is 8.67. The monoisotopic (exact) mass is 196 g/mol. The fourth-order valence-corrected chi connectivity index (χ4v) is 2.53. The van der Waals surface area contributed by atoms with Crippen LogP contribution in [0, 0.1) is 5.92 Å². The third-order valence-corrected chi connectivity index (χ3v) is 3.32. The summed E-state index contributed by atoms with van der Waals surface area (Å²) < 4.78 is 5.66. The number of nitrogens with one attached hydrogen (secondary N) is 1. The highest BCUT2D eigenvalue weighted by molar-refractivity contribution is 5.07. The summed E-state index contributed by atoms with van der Waals surface area (Å²) in [5.74, 6) is 7.39. The molecular formula is C11H20N2O. The van der Waals surface area contributed by atoms with Gasteiger partial charge >= 0.3 is 0 Å². The van der Waals surface area contributed by atoms with Gasteiger partial charge in [0.2, 0.25) is 0 Å². The molecule has 0 amide bonds. The maximum Gasteiger partial charge on any atom is 0.111 e. The van der Waals surface area contributed by atoms with E-state index in [0.717, 1.165) is 25.2 Å². The maximum absolute atomic E-state index is 5.66. The highest BCUT2D eigenvalue weighted by atomic mass is 16.5. The van der Waals surface area contributed by atoms with Crippen LogP contribution in [0.3, 0.4) is 0 Å². The van der Waals surface area contributed by atoms with Gasteiger partial charge in [0.05, 0.1) is 12.6 Å². The average molecular weight is 196 g/mol. The predicted octanol–water partition coefficient (Wildman–Crippen LogP) is 1.70. The molecule has 1 aliphatic carbocycles. The first-order valence-corrected chi connectivity index (χ1v) is 5.71. The van der Waals surface area contributed by atoms with Crippen LogP contribution < -0.4 is 11.3 Å². The molecule has 1 fully saturated rings. The lowest BCUT2D eigenvalue weighted by atomic mass is 9.95. The Hall–Kier alpha value is -0.540. The summed E-state index contributed by atoms with van der Waals surface area (Å²) in [7, 11) is 0. The largest absolute Gasteiger partial charge is 0.497 e. The van der Waals surface area contributed by atoms with Gasteiger partial charge in [0, 0.05) is 0 Å². The van der Waals surface area contributed by atoms with Gasteiger partial charge in [0.25, 0.3) is 0 Å². The molecule has 1 atom stereocenters. The van der Waals surface area contributed by atoms with E-state index in [1.54, 1.807) is 0 Å². The molecule has 1 aliphatic heterocycles. The van der Waals surface area contributed by atoms with Gasteiger partial charge in [-0.1, -0.05) is 12.8 Å². The molecule has 1 unspecified atom stereocenters. The minimum Gasteiger partial charge on any atom is -0.497 e. The summed E-state index contributed by atoms with van der Waals surface area (Å²) in [5, 5.41) is 0. The van der Waals surface area contributed by atoms with Crippen LogP contribution in [0.2, 0.25) is 0 Å². The fraction of sp³-hybridized carbons (Fsp3) is 0.818. The molecular weight excluding hydrogens is 176 g/mol. The summed E-state index contributed by atoms with van der Waals surface area (Å²) in [6, 6.07) is 0.262. The van der Waals surface area contributed by atoms with Crippen molar-refractivity contribution in [2.24, 2.45) is 11.8 Å². The van der Waals surface area contributed by atoms with E-state index in [0.29, 0.717) is 5.92 Å². The Morgan fingerprint density at radius 1 is 1.36 bits per heavy atom. The first-order chi connectivity index (χ1) is 6.92. The number of rotatable bonds is 3. The van der Waals surface area contributed by atoms with Crippen molar-refractivity contribution in [2.45, 2.75) is 44.6 Å². The molecule has 3 N–H and O–H groups in total. The van der Waals surface area contributed by atoms with Crippen LogP contribution in [0.5, 0.6) is 0 Å². The van der Waals surface area contributed by atoms with Gasteiger partial charge in [0.15, 0.2) is 0 Å². The van der Waals surface area contributed by atoms with Crippen LogP contribution in [-0.4, -0.2) is 12.6 Å². The summed E-state index contributed by atoms with van der Waals surface area (Å²) in [6.45, 7) is 0.858. The second kappa shape index (κ2) is 4.80. The maximum atomic E-state index is 5.66. The number of hydrazine groups is 1. The number of hydrogen-bond acceptors (Lipinski definition) is 3. The number of hydrogen-bond donors (Lipinski definition) is 2. The molecule has 0 spiro atoms. The highest BCUT2D eigenvalue weighted by Gasteiger charge is 2.28. The quantitative estimate of drug-likeness (QED) is 0.533. The van der Waals surface area contributed by atoms with Crippen molar-refractivity contribution in [3.8, 4) is 0 Å². The van der Waals surface area contributed by atoms with Crippen LogP contribution in [0.25, 0.3) is 0 Å². The standard InChI is InChI=1S/C11H20N2O/c12-13-11(9-5-1-2-6-9)10-7-3-4-8-14-10/h7,9,11,13H,1-6,8,12H2. The second-order valence-electron chi connectivity index (χ2n) is 4.29. The van der Waals surface area contributed by atoms with E-state index in [1.165, 1.54) is 25.7 Å². The lowest BCUT2D eigenvalue weighted by molar-refractivity contribution is 0.151. The van der Waals surface area contributed by atoms with Crippen molar-refractivity contribution in [3.63, 3.8) is 0 Å². The van der Waals surface area contributed by atoms with E-state index in [1.807, 2.05) is 0 Å². The minimum absolute atomic E-state index is 0.262. The van der Waals surface area contributed by atoms with Crippen LogP contribution in [0.1, 0.15) is 38.5 Å². The zero-order chi connectivity index (χ0) is 9.80. The van der Waals surface area contributed by atoms with Crippen molar-refractivity contribution in [1.29, 1.82) is 0 Å². The van der Waals surface area contributed by atoms with Crippen molar-refractivity contribution in [3.05, 3.63) is 11.8 Å². The van der Waals surface area contributed by atoms with E-state index >= 15 is 0 Å². The van der Waals surface area contributed by atoms with E-state index in [2.05, 4.69) is 11.5 Å². The topological polar surface area (TPSA) is 47.3 Å². The van der Waals surface area contributed by atoms with E-state index in [4.69, 9.17) is 10.6 Å². The molecule has 2 rings (SSSR count). The van der Waals surface area contributed by atoms with Crippen molar-refractivity contribution in [2.75, 3.05) is 6.61 Å². The molecule has 0 bridgehead atoms. The Morgan fingerprint density at radius 3 is 2.71 bits per heavy atom. The van der Waals surface area contributed by atoms with Crippen LogP contribution >= 0.6 is 0 Å². The molecule has 80 valence electrons. The van der Waals surface area contributed by atoms with Crippen molar-refractivity contribution >= 4 is 0 Å². The second-order valence-corrected chi connectivity index (χ2v) is 4.29. The number of ether oxygens (including phenoxy) is 1. The Morgan fingerprint density at radius 2 is 2.14 bits per heavy atom. The molecule has 1 saturated carbocycles. The molecule has 14 heavy (non-hydrogen) atoms. The smallest absolute Gasteiger partial charge is 0.111 e. The average Bonchev–Trinajstić information content (AvgIpc) is 2.74. The Labute approximate surface area is 85.7 Å². The summed E-state index contributed by atoms with van der Waals surface area (Å²) in [6.07, 6.45) is 9.75. The molecule has 2 aliphatic rings. The van der Waals surface area contributed by atoms with Crippen LogP contribution in [0.15, 0.2) is 11.8 Å². The first kappa shape index (κ1) is 9.99. The fourth-order valence-electron chi connectivity index (χ4n) is 2.53. The van der Waals surface area contributed by atoms with Gasteiger partial charge in [0.1, 0.15) is 5.76 Å². The van der Waals surface area contributed by atoms with E-state index in [9.17, 15) is 0 Å². The summed E-state index contributed by atoms with van der Waals surface area (Å²) in [5.41, 5.74) is 2.92. The number of nitrogens with two attached hydrogens (primary N) is 1. The molecule has 1 heterocycles. The third-order valence-electron chi connectivity index (χ3n) is 3.32. The Bertz CT molecular complexity index is 209.